The highest BCUT2D eigenvalue weighted by Gasteiger charge is 2.22. The predicted molar refractivity (Wildman–Crippen MR) is 137 cm³/mol. The Kier molecular flexibility index (Phi) is 9.47. The lowest BCUT2D eigenvalue weighted by molar-refractivity contribution is -0.0103. The maximum absolute atomic E-state index is 12.0. The molecule has 1 heterocycles. The van der Waals surface area contributed by atoms with Crippen molar-refractivity contribution < 1.29 is 19.0 Å². The Morgan fingerprint density at radius 3 is 2.29 bits per heavy atom. The molecule has 7 heteroatoms. The van der Waals surface area contributed by atoms with E-state index in [1.165, 1.54) is 5.56 Å². The molecule has 0 aliphatic heterocycles. The summed E-state index contributed by atoms with van der Waals surface area (Å²) >= 11 is 0. The number of hydrogen-bond donors (Lipinski definition) is 0. The number of ether oxygens (including phenoxy) is 3. The maximum atomic E-state index is 12.0. The van der Waals surface area contributed by atoms with E-state index in [9.17, 15) is 4.79 Å². The van der Waals surface area contributed by atoms with Gasteiger partial charge in [-0.2, -0.15) is 5.10 Å². The van der Waals surface area contributed by atoms with Gasteiger partial charge in [-0.15, -0.1) is 0 Å². The number of hydrogen-bond acceptors (Lipinski definition) is 6. The first-order valence-electron chi connectivity index (χ1n) is 11.7. The van der Waals surface area contributed by atoms with Gasteiger partial charge in [-0.1, -0.05) is 65.3 Å². The van der Waals surface area contributed by atoms with Gasteiger partial charge in [-0.3, -0.25) is 9.67 Å². The van der Waals surface area contributed by atoms with E-state index in [0.717, 1.165) is 34.5 Å². The molecule has 34 heavy (non-hydrogen) atoms. The molecule has 1 aromatic carbocycles. The summed E-state index contributed by atoms with van der Waals surface area (Å²) in [5.74, 6) is 0.803. The van der Waals surface area contributed by atoms with Gasteiger partial charge in [-0.05, 0) is 36.3 Å². The summed E-state index contributed by atoms with van der Waals surface area (Å²) in [5, 5.41) is 4.54. The normalized spacial score (nSPS) is 13.6. The molecule has 0 saturated carbocycles. The molecular formula is C27H39N3O4. The van der Waals surface area contributed by atoms with Gasteiger partial charge >= 0.3 is 6.16 Å². The van der Waals surface area contributed by atoms with Gasteiger partial charge in [0.2, 0.25) is 6.79 Å². The highest BCUT2D eigenvalue weighted by Crippen LogP contribution is 2.31. The van der Waals surface area contributed by atoms with Crippen LogP contribution in [0.15, 0.2) is 29.3 Å². The zero-order chi connectivity index (χ0) is 25.5. The third kappa shape index (κ3) is 6.95. The fourth-order valence-corrected chi connectivity index (χ4v) is 3.40. The van der Waals surface area contributed by atoms with E-state index >= 15 is 0 Å². The first kappa shape index (κ1) is 27.2. The number of rotatable bonds is 9. The molecule has 1 atom stereocenters. The fourth-order valence-electron chi connectivity index (χ4n) is 3.40. The third-order valence-electron chi connectivity index (χ3n) is 5.86. The molecule has 0 amide bonds. The Morgan fingerprint density at radius 1 is 1.15 bits per heavy atom. The maximum Gasteiger partial charge on any atom is 0.511 e. The zero-order valence-corrected chi connectivity index (χ0v) is 22.1. The molecule has 0 aliphatic carbocycles. The predicted octanol–water partition coefficient (Wildman–Crippen LogP) is 6.08. The van der Waals surface area contributed by atoms with Crippen LogP contribution in [0.5, 0.6) is 0 Å². The largest absolute Gasteiger partial charge is 0.511 e. The van der Waals surface area contributed by atoms with Crippen LogP contribution in [0.3, 0.4) is 0 Å². The second-order valence-electron chi connectivity index (χ2n) is 9.62. The number of aryl methyl sites for hydroxylation is 2. The fraction of sp³-hybridized carbons (Fsp3) is 0.519. The van der Waals surface area contributed by atoms with Gasteiger partial charge in [-0.25, -0.2) is 4.79 Å². The van der Waals surface area contributed by atoms with Crippen LogP contribution >= 0.6 is 0 Å². The van der Waals surface area contributed by atoms with Crippen LogP contribution in [-0.4, -0.2) is 42.6 Å². The highest BCUT2D eigenvalue weighted by molar-refractivity contribution is 6.18. The topological polar surface area (TPSA) is 74.9 Å². The van der Waals surface area contributed by atoms with E-state index in [1.807, 2.05) is 34.7 Å². The van der Waals surface area contributed by atoms with Crippen molar-refractivity contribution in [1.29, 1.82) is 0 Å². The standard InChI is InChI=1S/C27H39N3O4/c1-10-18(2)16-32-26(31)34-17-33-25(24-19(3)20(4)29-30(24)9)23(15-28-8)21-11-13-22(14-12-21)27(5,6)7/h11-15,18H,10,16-17H2,1-9H3/b25-23-,28-15-. The smallest absolute Gasteiger partial charge is 0.454 e. The lowest BCUT2D eigenvalue weighted by atomic mass is 9.86. The first-order chi connectivity index (χ1) is 16.0. The van der Waals surface area contributed by atoms with Crippen molar-refractivity contribution in [2.24, 2.45) is 18.0 Å². The number of aliphatic imine (C=N–C) groups is 1. The number of carbonyl (C=O) groups is 1. The van der Waals surface area contributed by atoms with Gasteiger partial charge in [0.1, 0.15) is 5.69 Å². The molecular weight excluding hydrogens is 430 g/mol. The quantitative estimate of drug-likeness (QED) is 0.193. The average molecular weight is 470 g/mol. The number of nitrogens with zero attached hydrogens (tertiary/aromatic N) is 3. The Hall–Kier alpha value is -3.09. The number of benzene rings is 1. The van der Waals surface area contributed by atoms with Crippen LogP contribution in [0.25, 0.3) is 11.3 Å². The molecule has 186 valence electrons. The molecule has 2 rings (SSSR count). The van der Waals surface area contributed by atoms with Crippen molar-refractivity contribution in [3.63, 3.8) is 0 Å². The van der Waals surface area contributed by atoms with Crippen LogP contribution in [-0.2, 0) is 26.7 Å². The minimum Gasteiger partial charge on any atom is -0.454 e. The third-order valence-corrected chi connectivity index (χ3v) is 5.86. The lowest BCUT2D eigenvalue weighted by Crippen LogP contribution is -2.15. The van der Waals surface area contributed by atoms with Gasteiger partial charge < -0.3 is 14.2 Å². The summed E-state index contributed by atoms with van der Waals surface area (Å²) in [4.78, 5) is 16.3. The molecule has 7 nitrogen and oxygen atoms in total. The number of allylic oxidation sites excluding steroid dienone is 1. The summed E-state index contributed by atoms with van der Waals surface area (Å²) in [6.45, 7) is 14.6. The molecule has 0 saturated heterocycles. The summed E-state index contributed by atoms with van der Waals surface area (Å²) in [6, 6.07) is 8.34. The van der Waals surface area contributed by atoms with Crippen LogP contribution in [0.4, 0.5) is 4.79 Å². The van der Waals surface area contributed by atoms with Crippen LogP contribution in [0.1, 0.15) is 69.1 Å². The second kappa shape index (κ2) is 11.9. The van der Waals surface area contributed by atoms with E-state index in [-0.39, 0.29) is 18.1 Å². The molecule has 0 bridgehead atoms. The molecule has 0 fully saturated rings. The van der Waals surface area contributed by atoms with Gasteiger partial charge in [0.05, 0.1) is 12.3 Å². The van der Waals surface area contributed by atoms with E-state index in [4.69, 9.17) is 14.2 Å². The Labute approximate surface area is 203 Å². The van der Waals surface area contributed by atoms with Crippen molar-refractivity contribution in [3.8, 4) is 0 Å². The second-order valence-corrected chi connectivity index (χ2v) is 9.62. The summed E-state index contributed by atoms with van der Waals surface area (Å²) in [5.41, 5.74) is 5.64. The van der Waals surface area contributed by atoms with Crippen LogP contribution < -0.4 is 0 Å². The molecule has 0 N–H and O–H groups in total. The van der Waals surface area contributed by atoms with Gasteiger partial charge in [0.15, 0.2) is 5.76 Å². The zero-order valence-electron chi connectivity index (χ0n) is 22.1. The van der Waals surface area contributed by atoms with Crippen molar-refractivity contribution in [2.45, 2.75) is 60.3 Å². The van der Waals surface area contributed by atoms with Crippen LogP contribution in [0.2, 0.25) is 0 Å². The van der Waals surface area contributed by atoms with E-state index in [1.54, 1.807) is 17.9 Å². The van der Waals surface area contributed by atoms with Crippen molar-refractivity contribution in [2.75, 3.05) is 20.4 Å². The Bertz CT molecular complexity index is 1030. The molecule has 0 aliphatic rings. The molecule has 0 radical (unpaired) electrons. The summed E-state index contributed by atoms with van der Waals surface area (Å²) < 4.78 is 18.2. The molecule has 1 unspecified atom stereocenters. The molecule has 2 aromatic rings. The molecule has 1 aromatic heterocycles. The average Bonchev–Trinajstić information content (AvgIpc) is 3.04. The first-order valence-corrected chi connectivity index (χ1v) is 11.7. The Balaban J connectivity index is 2.44. The Morgan fingerprint density at radius 2 is 1.79 bits per heavy atom. The number of carbonyl (C=O) groups excluding carboxylic acids is 1. The van der Waals surface area contributed by atoms with E-state index in [0.29, 0.717) is 12.4 Å². The highest BCUT2D eigenvalue weighted by atomic mass is 16.8. The number of aromatic nitrogens is 2. The van der Waals surface area contributed by atoms with Crippen molar-refractivity contribution in [1.82, 2.24) is 9.78 Å². The minimum absolute atomic E-state index is 0.0415. The van der Waals surface area contributed by atoms with E-state index < -0.39 is 6.16 Å². The minimum atomic E-state index is -0.752. The van der Waals surface area contributed by atoms with Crippen LogP contribution in [0, 0.1) is 19.8 Å². The molecule has 0 spiro atoms. The van der Waals surface area contributed by atoms with Gasteiger partial charge in [0, 0.05) is 31.4 Å². The van der Waals surface area contributed by atoms with Crippen molar-refractivity contribution >= 4 is 23.7 Å². The summed E-state index contributed by atoms with van der Waals surface area (Å²) in [7, 11) is 3.58. The lowest BCUT2D eigenvalue weighted by Gasteiger charge is -2.20. The SMILES string of the molecule is CCC(C)COC(=O)OCO/C(=C(/C=N\C)c1ccc(C(C)(C)C)cc1)c1c(C)c(C)nn1C. The van der Waals surface area contributed by atoms with E-state index in [2.05, 4.69) is 55.1 Å². The van der Waals surface area contributed by atoms with Gasteiger partial charge in [0.25, 0.3) is 0 Å². The van der Waals surface area contributed by atoms with Crippen molar-refractivity contribution in [3.05, 3.63) is 52.3 Å². The monoisotopic (exact) mass is 469 g/mol. The summed E-state index contributed by atoms with van der Waals surface area (Å²) in [6.07, 6.45) is 1.92.